The Morgan fingerprint density at radius 3 is 2.42 bits per heavy atom. The van der Waals surface area contributed by atoms with Crippen molar-refractivity contribution in [2.24, 2.45) is 0 Å². The third-order valence-electron chi connectivity index (χ3n) is 1.95. The lowest BCUT2D eigenvalue weighted by Crippen LogP contribution is -2.24. The van der Waals surface area contributed by atoms with Crippen molar-refractivity contribution in [2.45, 2.75) is 10.4 Å². The van der Waals surface area contributed by atoms with Crippen LogP contribution in [0.25, 0.3) is 0 Å². The molecule has 2 N–H and O–H groups in total. The van der Waals surface area contributed by atoms with E-state index in [9.17, 15) is 21.6 Å². The summed E-state index contributed by atoms with van der Waals surface area (Å²) in [5.41, 5.74) is -1.56. The molecule has 106 valence electrons. The highest BCUT2D eigenvalue weighted by atomic mass is 35.7. The molecule has 10 heteroatoms. The molecule has 0 aliphatic rings. The van der Waals surface area contributed by atoms with Gasteiger partial charge in [0.2, 0.25) is 0 Å². The first kappa shape index (κ1) is 16.0. The van der Waals surface area contributed by atoms with Crippen molar-refractivity contribution in [3.63, 3.8) is 0 Å². The van der Waals surface area contributed by atoms with E-state index in [2.05, 4.69) is 0 Å². The fourth-order valence-corrected chi connectivity index (χ4v) is 3.10. The zero-order valence-corrected chi connectivity index (χ0v) is 11.8. The van der Waals surface area contributed by atoms with Gasteiger partial charge in [0.15, 0.2) is 0 Å². The molecule has 0 aromatic carbocycles. The van der Waals surface area contributed by atoms with Crippen LogP contribution in [0.2, 0.25) is 0 Å². The van der Waals surface area contributed by atoms with Crippen LogP contribution in [-0.2, 0) is 9.05 Å². The van der Waals surface area contributed by atoms with Gasteiger partial charge < -0.3 is 5.32 Å². The van der Waals surface area contributed by atoms with E-state index in [1.54, 1.807) is 0 Å². The van der Waals surface area contributed by atoms with Crippen molar-refractivity contribution >= 4 is 36.8 Å². The summed E-state index contributed by atoms with van der Waals surface area (Å²) in [7, 11) is 2.22. The minimum Gasteiger partial charge on any atom is -0.384 e. The Kier molecular flexibility index (Phi) is 4.64. The number of nitrogens with one attached hydrogen (secondary N) is 2. The molecular weight excluding hydrogens is 325 g/mol. The van der Waals surface area contributed by atoms with Crippen LogP contribution in [0.5, 0.6) is 0 Å². The van der Waals surface area contributed by atoms with Crippen molar-refractivity contribution in [3.05, 3.63) is 28.8 Å². The first-order valence-electron chi connectivity index (χ1n) is 4.65. The summed E-state index contributed by atoms with van der Waals surface area (Å²) in [6, 6.07) is 2.36. The molecule has 0 amide bonds. The lowest BCUT2D eigenvalue weighted by Gasteiger charge is -2.10. The number of thiophene rings is 1. The van der Waals surface area contributed by atoms with Gasteiger partial charge in [0.1, 0.15) is 9.91 Å². The third kappa shape index (κ3) is 4.22. The Morgan fingerprint density at radius 1 is 1.47 bits per heavy atom. The molecule has 1 rings (SSSR count). The van der Waals surface area contributed by atoms with Gasteiger partial charge in [-0.2, -0.15) is 13.2 Å². The van der Waals surface area contributed by atoms with Crippen LogP contribution in [0, 0.1) is 5.41 Å². The lowest BCUT2D eigenvalue weighted by atomic mass is 10.2. The van der Waals surface area contributed by atoms with Gasteiger partial charge in [0, 0.05) is 17.7 Å². The molecule has 0 bridgehead atoms. The molecule has 19 heavy (non-hydrogen) atoms. The summed E-state index contributed by atoms with van der Waals surface area (Å²) < 4.78 is 59.1. The molecule has 1 aromatic rings. The Balaban J connectivity index is 3.09. The molecule has 0 spiro atoms. The average molecular weight is 333 g/mol. The van der Waals surface area contributed by atoms with Gasteiger partial charge in [-0.25, -0.2) is 8.42 Å². The van der Waals surface area contributed by atoms with Crippen LogP contribution in [0.3, 0.4) is 0 Å². The number of halogens is 4. The van der Waals surface area contributed by atoms with Gasteiger partial charge in [0.05, 0.1) is 10.6 Å². The number of rotatable bonds is 4. The molecule has 0 fully saturated rings. The zero-order chi connectivity index (χ0) is 14.8. The first-order chi connectivity index (χ1) is 8.55. The van der Waals surface area contributed by atoms with E-state index in [4.69, 9.17) is 16.1 Å². The monoisotopic (exact) mass is 332 g/mol. The molecule has 1 aromatic heterocycles. The topological polar surface area (TPSA) is 70.0 Å². The average Bonchev–Trinajstić information content (AvgIpc) is 2.72. The number of alkyl halides is 3. The molecular formula is C9H8ClF3N2O2S2. The van der Waals surface area contributed by atoms with Gasteiger partial charge in [-0.15, -0.1) is 11.3 Å². The van der Waals surface area contributed by atoms with E-state index in [0.29, 0.717) is 17.4 Å². The predicted octanol–water partition coefficient (Wildman–Crippen LogP) is 2.71. The summed E-state index contributed by atoms with van der Waals surface area (Å²) in [5.74, 6) is 0. The van der Waals surface area contributed by atoms with Gasteiger partial charge in [0.25, 0.3) is 9.05 Å². The van der Waals surface area contributed by atoms with Crippen molar-refractivity contribution in [1.29, 1.82) is 5.41 Å². The summed E-state index contributed by atoms with van der Waals surface area (Å²) in [6.45, 7) is 0. The maximum absolute atomic E-state index is 12.4. The summed E-state index contributed by atoms with van der Waals surface area (Å²) in [5, 5.41) is 9.45. The largest absolute Gasteiger partial charge is 0.430 e. The Morgan fingerprint density at radius 2 is 2.05 bits per heavy atom. The Labute approximate surface area is 115 Å². The predicted molar refractivity (Wildman–Crippen MR) is 67.4 cm³/mol. The van der Waals surface area contributed by atoms with Crippen LogP contribution >= 0.6 is 22.0 Å². The van der Waals surface area contributed by atoms with E-state index in [1.807, 2.05) is 5.32 Å². The van der Waals surface area contributed by atoms with Crippen LogP contribution in [0.1, 0.15) is 4.88 Å². The number of hydrogen-bond acceptors (Lipinski definition) is 5. The molecule has 1 heterocycles. The van der Waals surface area contributed by atoms with Crippen molar-refractivity contribution in [2.75, 3.05) is 7.05 Å². The van der Waals surface area contributed by atoms with Crippen molar-refractivity contribution < 1.29 is 21.6 Å². The second-order valence-electron chi connectivity index (χ2n) is 3.28. The van der Waals surface area contributed by atoms with E-state index >= 15 is 0 Å². The molecule has 0 aliphatic heterocycles. The minimum absolute atomic E-state index is 0.0659. The molecule has 0 aliphatic carbocycles. The number of allylic oxidation sites excluding steroid dienone is 2. The maximum atomic E-state index is 12.4. The quantitative estimate of drug-likeness (QED) is 0.658. The minimum atomic E-state index is -4.61. The highest BCUT2D eigenvalue weighted by Gasteiger charge is 2.33. The second kappa shape index (κ2) is 5.51. The highest BCUT2D eigenvalue weighted by Crippen LogP contribution is 2.27. The van der Waals surface area contributed by atoms with Crippen LogP contribution in [0.15, 0.2) is 28.1 Å². The van der Waals surface area contributed by atoms with Crippen molar-refractivity contribution in [3.8, 4) is 0 Å². The standard InChI is InChI=1S/C9H8ClF3N2O2S2/c1-15-7(9(11,12)13)4-5(14)6-2-3-8(18-6)19(10,16)17/h2-4,14-15H,1H3/b7-4-,14-5?. The van der Waals surface area contributed by atoms with Gasteiger partial charge in [-0.1, -0.05) is 0 Å². The normalized spacial score (nSPS) is 13.4. The maximum Gasteiger partial charge on any atom is 0.430 e. The van der Waals surface area contributed by atoms with Crippen LogP contribution in [-0.4, -0.2) is 27.4 Å². The molecule has 0 unspecified atom stereocenters. The van der Waals surface area contributed by atoms with E-state index < -0.39 is 26.6 Å². The summed E-state index contributed by atoms with van der Waals surface area (Å²) in [4.78, 5) is 0.0659. The van der Waals surface area contributed by atoms with Gasteiger partial charge in [-0.05, 0) is 18.2 Å². The van der Waals surface area contributed by atoms with E-state index in [1.165, 1.54) is 6.07 Å². The van der Waals surface area contributed by atoms with E-state index in [0.717, 1.165) is 13.1 Å². The Hall–Kier alpha value is -1.06. The Bertz CT molecular complexity index is 620. The fourth-order valence-electron chi connectivity index (χ4n) is 1.11. The zero-order valence-electron chi connectivity index (χ0n) is 9.38. The summed E-state index contributed by atoms with van der Waals surface area (Å²) >= 11 is 0.627. The van der Waals surface area contributed by atoms with E-state index in [-0.39, 0.29) is 9.09 Å². The fraction of sp³-hybridized carbons (Fsp3) is 0.222. The second-order valence-corrected chi connectivity index (χ2v) is 7.15. The smallest absolute Gasteiger partial charge is 0.384 e. The molecule has 0 saturated heterocycles. The van der Waals surface area contributed by atoms with Gasteiger partial charge >= 0.3 is 6.18 Å². The highest BCUT2D eigenvalue weighted by molar-refractivity contribution is 8.15. The molecule has 0 atom stereocenters. The van der Waals surface area contributed by atoms with Crippen LogP contribution < -0.4 is 5.32 Å². The molecule has 4 nitrogen and oxygen atoms in total. The molecule has 0 radical (unpaired) electrons. The first-order valence-corrected chi connectivity index (χ1v) is 7.78. The van der Waals surface area contributed by atoms with Gasteiger partial charge in [-0.3, -0.25) is 5.41 Å². The number of hydrogen-bond donors (Lipinski definition) is 2. The van der Waals surface area contributed by atoms with Crippen LogP contribution in [0.4, 0.5) is 13.2 Å². The molecule has 0 saturated carbocycles. The SMILES string of the molecule is CN/C(=C\C(=N)c1ccc(S(=O)(=O)Cl)s1)C(F)(F)F. The van der Waals surface area contributed by atoms with Crippen molar-refractivity contribution in [1.82, 2.24) is 5.32 Å². The third-order valence-corrected chi connectivity index (χ3v) is 5.16. The lowest BCUT2D eigenvalue weighted by molar-refractivity contribution is -0.0958. The summed E-state index contributed by atoms with van der Waals surface area (Å²) in [6.07, 6.45) is -4.03.